The van der Waals surface area contributed by atoms with Crippen LogP contribution in [0.25, 0.3) is 0 Å². The topological polar surface area (TPSA) is 26.3 Å². The van der Waals surface area contributed by atoms with E-state index in [0.29, 0.717) is 19.0 Å². The molecule has 118 valence electrons. The number of carbonyl (C=O) groups excluding carboxylic acids is 1. The van der Waals surface area contributed by atoms with Crippen molar-refractivity contribution in [2.45, 2.75) is 52.1 Å². The second-order valence-corrected chi connectivity index (χ2v) is 8.10. The van der Waals surface area contributed by atoms with E-state index in [-0.39, 0.29) is 5.41 Å². The van der Waals surface area contributed by atoms with Gasteiger partial charge in [0, 0.05) is 5.41 Å². The Balaban J connectivity index is 1.35. The van der Waals surface area contributed by atoms with Crippen LogP contribution in [0.5, 0.6) is 0 Å². The van der Waals surface area contributed by atoms with Gasteiger partial charge in [-0.1, -0.05) is 29.8 Å². The molecule has 0 heterocycles. The molecule has 5 rings (SSSR count). The lowest BCUT2D eigenvalue weighted by Crippen LogP contribution is -2.51. The molecule has 0 aliphatic heterocycles. The number of hydrogen-bond donors (Lipinski definition) is 0. The molecule has 0 spiro atoms. The van der Waals surface area contributed by atoms with E-state index in [1.807, 2.05) is 0 Å². The molecule has 4 aliphatic rings. The van der Waals surface area contributed by atoms with E-state index in [9.17, 15) is 4.79 Å². The Bertz CT molecular complexity index is 522. The Hall–Kier alpha value is -1.15. The molecule has 2 nitrogen and oxygen atoms in total. The highest BCUT2D eigenvalue weighted by Gasteiger charge is 2.54. The van der Waals surface area contributed by atoms with Crippen LogP contribution >= 0.6 is 0 Å². The molecule has 4 aliphatic carbocycles. The van der Waals surface area contributed by atoms with Crippen LogP contribution in [0, 0.1) is 30.1 Å². The van der Waals surface area contributed by atoms with Crippen LogP contribution in [0.15, 0.2) is 24.3 Å². The molecule has 0 aromatic heterocycles. The van der Waals surface area contributed by atoms with Crippen LogP contribution in [-0.2, 0) is 16.1 Å². The standard InChI is InChI=1S/C20H26O2/c1-14-2-4-15(5-3-14)12-22-13-19(21)20-9-16-6-17(10-20)8-18(7-16)11-20/h2-5,16-18H,6-13H2,1H3. The van der Waals surface area contributed by atoms with Crippen LogP contribution in [-0.4, -0.2) is 12.4 Å². The zero-order valence-corrected chi connectivity index (χ0v) is 13.5. The smallest absolute Gasteiger partial charge is 0.164 e. The molecule has 0 N–H and O–H groups in total. The van der Waals surface area contributed by atoms with Crippen molar-refractivity contribution in [3.8, 4) is 0 Å². The highest BCUT2D eigenvalue weighted by atomic mass is 16.5. The van der Waals surface area contributed by atoms with Gasteiger partial charge in [0.05, 0.1) is 6.61 Å². The van der Waals surface area contributed by atoms with Gasteiger partial charge in [0.15, 0.2) is 5.78 Å². The first-order chi connectivity index (χ1) is 10.6. The number of ketones is 1. The summed E-state index contributed by atoms with van der Waals surface area (Å²) >= 11 is 0. The first-order valence-corrected chi connectivity index (χ1v) is 8.79. The monoisotopic (exact) mass is 298 g/mol. The summed E-state index contributed by atoms with van der Waals surface area (Å²) in [6, 6.07) is 8.37. The van der Waals surface area contributed by atoms with E-state index in [1.54, 1.807) is 0 Å². The summed E-state index contributed by atoms with van der Waals surface area (Å²) in [5.74, 6) is 2.87. The predicted molar refractivity (Wildman–Crippen MR) is 86.4 cm³/mol. The first kappa shape index (κ1) is 14.4. The van der Waals surface area contributed by atoms with Gasteiger partial charge in [0.2, 0.25) is 0 Å². The Kier molecular flexibility index (Phi) is 3.60. The van der Waals surface area contributed by atoms with Crippen molar-refractivity contribution in [3.63, 3.8) is 0 Å². The first-order valence-electron chi connectivity index (χ1n) is 8.79. The van der Waals surface area contributed by atoms with Gasteiger partial charge in [-0.2, -0.15) is 0 Å². The van der Waals surface area contributed by atoms with Gasteiger partial charge >= 0.3 is 0 Å². The lowest BCUT2D eigenvalue weighted by molar-refractivity contribution is -0.149. The Morgan fingerprint density at radius 3 is 2.14 bits per heavy atom. The third-order valence-corrected chi connectivity index (χ3v) is 6.25. The summed E-state index contributed by atoms with van der Waals surface area (Å²) in [4.78, 5) is 12.8. The minimum absolute atomic E-state index is 0.0119. The molecular formula is C20H26O2. The summed E-state index contributed by atoms with van der Waals surface area (Å²) in [6.45, 7) is 2.94. The summed E-state index contributed by atoms with van der Waals surface area (Å²) in [7, 11) is 0. The fourth-order valence-corrected chi connectivity index (χ4v) is 5.55. The second kappa shape index (κ2) is 5.49. The summed E-state index contributed by atoms with van der Waals surface area (Å²) < 4.78 is 5.76. The van der Waals surface area contributed by atoms with E-state index in [0.717, 1.165) is 42.6 Å². The average Bonchev–Trinajstić information content (AvgIpc) is 2.48. The quantitative estimate of drug-likeness (QED) is 0.810. The molecule has 0 radical (unpaired) electrons. The fraction of sp³-hybridized carbons (Fsp3) is 0.650. The van der Waals surface area contributed by atoms with Crippen molar-refractivity contribution < 1.29 is 9.53 Å². The molecule has 1 aromatic rings. The van der Waals surface area contributed by atoms with Crippen LogP contribution in [0.2, 0.25) is 0 Å². The molecule has 0 amide bonds. The van der Waals surface area contributed by atoms with Gasteiger partial charge in [-0.3, -0.25) is 4.79 Å². The van der Waals surface area contributed by atoms with Gasteiger partial charge in [-0.05, 0) is 68.8 Å². The molecule has 0 unspecified atom stereocenters. The van der Waals surface area contributed by atoms with Gasteiger partial charge in [-0.25, -0.2) is 0 Å². The molecular weight excluding hydrogens is 272 g/mol. The van der Waals surface area contributed by atoms with Crippen LogP contribution in [0.3, 0.4) is 0 Å². The maximum absolute atomic E-state index is 12.8. The largest absolute Gasteiger partial charge is 0.369 e. The summed E-state index contributed by atoms with van der Waals surface area (Å²) in [5, 5.41) is 0. The van der Waals surface area contributed by atoms with Gasteiger partial charge in [-0.15, -0.1) is 0 Å². The molecule has 22 heavy (non-hydrogen) atoms. The Morgan fingerprint density at radius 2 is 1.59 bits per heavy atom. The minimum atomic E-state index is -0.0119. The van der Waals surface area contributed by atoms with Crippen molar-refractivity contribution in [3.05, 3.63) is 35.4 Å². The molecule has 4 bridgehead atoms. The van der Waals surface area contributed by atoms with E-state index >= 15 is 0 Å². The molecule has 2 heteroatoms. The third kappa shape index (κ3) is 2.62. The number of rotatable bonds is 5. The fourth-order valence-electron chi connectivity index (χ4n) is 5.55. The minimum Gasteiger partial charge on any atom is -0.369 e. The second-order valence-electron chi connectivity index (χ2n) is 8.10. The zero-order chi connectivity index (χ0) is 15.2. The highest BCUT2D eigenvalue weighted by Crippen LogP contribution is 2.60. The number of hydrogen-bond acceptors (Lipinski definition) is 2. The maximum Gasteiger partial charge on any atom is 0.164 e. The molecule has 1 aromatic carbocycles. The van der Waals surface area contributed by atoms with Crippen LogP contribution in [0.1, 0.15) is 49.7 Å². The summed E-state index contributed by atoms with van der Waals surface area (Å²) in [5.41, 5.74) is 2.40. The summed E-state index contributed by atoms with van der Waals surface area (Å²) in [6.07, 6.45) is 7.59. The van der Waals surface area contributed by atoms with Gasteiger partial charge in [0.1, 0.15) is 6.61 Å². The van der Waals surface area contributed by atoms with E-state index < -0.39 is 0 Å². The highest BCUT2D eigenvalue weighted by molar-refractivity contribution is 5.86. The number of aryl methyl sites for hydroxylation is 1. The average molecular weight is 298 g/mol. The molecule has 0 saturated heterocycles. The van der Waals surface area contributed by atoms with E-state index in [4.69, 9.17) is 4.74 Å². The molecule has 4 saturated carbocycles. The molecule has 0 atom stereocenters. The van der Waals surface area contributed by atoms with Gasteiger partial charge in [0.25, 0.3) is 0 Å². The molecule has 4 fully saturated rings. The lowest BCUT2D eigenvalue weighted by atomic mass is 9.48. The SMILES string of the molecule is Cc1ccc(COCC(=O)C23CC4CC(CC(C4)C2)C3)cc1. The predicted octanol–water partition coefficient (Wildman–Crippen LogP) is 4.30. The van der Waals surface area contributed by atoms with E-state index in [1.165, 1.54) is 24.8 Å². The van der Waals surface area contributed by atoms with Crippen molar-refractivity contribution >= 4 is 5.78 Å². The number of carbonyl (C=O) groups is 1. The van der Waals surface area contributed by atoms with Crippen molar-refractivity contribution in [2.75, 3.05) is 6.61 Å². The lowest BCUT2D eigenvalue weighted by Gasteiger charge is -2.55. The van der Waals surface area contributed by atoms with E-state index in [2.05, 4.69) is 31.2 Å². The Labute approximate surface area is 133 Å². The van der Waals surface area contributed by atoms with Crippen LogP contribution < -0.4 is 0 Å². The van der Waals surface area contributed by atoms with Crippen molar-refractivity contribution in [1.82, 2.24) is 0 Å². The van der Waals surface area contributed by atoms with Crippen molar-refractivity contribution in [2.24, 2.45) is 23.2 Å². The third-order valence-electron chi connectivity index (χ3n) is 6.25. The Morgan fingerprint density at radius 1 is 1.05 bits per heavy atom. The zero-order valence-electron chi connectivity index (χ0n) is 13.5. The van der Waals surface area contributed by atoms with Gasteiger partial charge < -0.3 is 4.74 Å². The number of benzene rings is 1. The van der Waals surface area contributed by atoms with Crippen LogP contribution in [0.4, 0.5) is 0 Å². The maximum atomic E-state index is 12.8. The number of Topliss-reactive ketones (excluding diaryl/α,β-unsaturated/α-hetero) is 1. The van der Waals surface area contributed by atoms with Crippen molar-refractivity contribution in [1.29, 1.82) is 0 Å². The number of ether oxygens (including phenoxy) is 1. The normalized spacial score (nSPS) is 35.8.